The Morgan fingerprint density at radius 3 is 2.60 bits per heavy atom. The monoisotopic (exact) mass is 643 g/mol. The molecule has 1 saturated carbocycles. The molecule has 1 saturated heterocycles. The number of benzene rings is 1. The molecular formula is C32H42ClN5O7. The molecule has 45 heavy (non-hydrogen) atoms. The third kappa shape index (κ3) is 7.54. The normalized spacial score (nSPS) is 29.2. The molecule has 3 aliphatic heterocycles. The van der Waals surface area contributed by atoms with Gasteiger partial charge < -0.3 is 30.7 Å². The van der Waals surface area contributed by atoms with Gasteiger partial charge in [0.15, 0.2) is 0 Å². The van der Waals surface area contributed by atoms with Gasteiger partial charge in [0, 0.05) is 36.0 Å². The Morgan fingerprint density at radius 1 is 1.11 bits per heavy atom. The van der Waals surface area contributed by atoms with E-state index < -0.39 is 59.2 Å². The van der Waals surface area contributed by atoms with E-state index in [-0.39, 0.29) is 25.3 Å². The lowest BCUT2D eigenvalue weighted by Crippen LogP contribution is -2.58. The standard InChI is InChI=1S/C32H42ClN5O7/c1-31(2,3)36-29(43)34-24-10-8-6-4-5-7-9-21-15-32(21,28(41)42)35-26(39)25-14-23(18-38(25)27(24)40)45-30(44)37-16-19-11-12-22(33)13-20(19)17-37/h7,9,11-13,21,23-25H,4-6,8,10,14-18H2,1-3H3,(H,35,39)(H,41,42)(H2,34,36,43)/b9-7+/t21-,23-,24+,25+,32-/m1/s1. The smallest absolute Gasteiger partial charge is 0.410 e. The average Bonchev–Trinajstić information content (AvgIpc) is 3.26. The summed E-state index contributed by atoms with van der Waals surface area (Å²) in [6, 6.07) is 2.90. The molecule has 0 spiro atoms. The first-order valence-electron chi connectivity index (χ1n) is 15.6. The summed E-state index contributed by atoms with van der Waals surface area (Å²) >= 11 is 6.12. The van der Waals surface area contributed by atoms with Crippen LogP contribution in [0.4, 0.5) is 9.59 Å². The van der Waals surface area contributed by atoms with E-state index in [0.29, 0.717) is 31.0 Å². The van der Waals surface area contributed by atoms with Gasteiger partial charge in [-0.25, -0.2) is 14.4 Å². The summed E-state index contributed by atoms with van der Waals surface area (Å²) in [4.78, 5) is 69.1. The highest BCUT2D eigenvalue weighted by Gasteiger charge is 2.61. The number of hydrogen-bond acceptors (Lipinski definition) is 6. The third-order valence-corrected chi connectivity index (χ3v) is 9.07. The van der Waals surface area contributed by atoms with E-state index in [4.69, 9.17) is 16.3 Å². The van der Waals surface area contributed by atoms with E-state index in [2.05, 4.69) is 16.0 Å². The predicted molar refractivity (Wildman–Crippen MR) is 165 cm³/mol. The van der Waals surface area contributed by atoms with Gasteiger partial charge in [-0.3, -0.25) is 14.5 Å². The highest BCUT2D eigenvalue weighted by Crippen LogP contribution is 2.45. The number of halogens is 1. The van der Waals surface area contributed by atoms with Gasteiger partial charge in [-0.1, -0.05) is 42.7 Å². The Labute approximate surface area is 267 Å². The minimum absolute atomic E-state index is 0.00690. The summed E-state index contributed by atoms with van der Waals surface area (Å²) in [5.74, 6) is -2.60. The van der Waals surface area contributed by atoms with Crippen molar-refractivity contribution >= 4 is 41.5 Å². The zero-order valence-corrected chi connectivity index (χ0v) is 26.7. The maximum Gasteiger partial charge on any atom is 0.410 e. The van der Waals surface area contributed by atoms with Gasteiger partial charge in [0.05, 0.1) is 6.54 Å². The molecule has 1 aromatic rings. The first kappa shape index (κ1) is 32.6. The molecule has 5 rings (SSSR count). The van der Waals surface area contributed by atoms with Gasteiger partial charge in [-0.05, 0) is 69.7 Å². The van der Waals surface area contributed by atoms with Gasteiger partial charge in [0.1, 0.15) is 23.7 Å². The number of rotatable bonds is 3. The van der Waals surface area contributed by atoms with Crippen LogP contribution in [-0.4, -0.2) is 80.6 Å². The van der Waals surface area contributed by atoms with Crippen LogP contribution in [0, 0.1) is 5.92 Å². The third-order valence-electron chi connectivity index (χ3n) is 8.83. The summed E-state index contributed by atoms with van der Waals surface area (Å²) in [5.41, 5.74) is -0.118. The maximum atomic E-state index is 14.1. The topological polar surface area (TPSA) is 157 Å². The van der Waals surface area contributed by atoms with Crippen molar-refractivity contribution < 1.29 is 33.8 Å². The number of carbonyl (C=O) groups excluding carboxylic acids is 4. The minimum Gasteiger partial charge on any atom is -0.479 e. The largest absolute Gasteiger partial charge is 0.479 e. The second-order valence-electron chi connectivity index (χ2n) is 13.6. The summed E-state index contributed by atoms with van der Waals surface area (Å²) in [6.07, 6.45) is 6.02. The summed E-state index contributed by atoms with van der Waals surface area (Å²) < 4.78 is 5.84. The maximum absolute atomic E-state index is 14.1. The zero-order chi connectivity index (χ0) is 32.5. The van der Waals surface area contributed by atoms with Crippen molar-refractivity contribution in [2.75, 3.05) is 6.54 Å². The number of fused-ring (bicyclic) bond motifs is 3. The van der Waals surface area contributed by atoms with Crippen molar-refractivity contribution in [3.05, 3.63) is 46.5 Å². The number of carboxylic acids is 1. The molecule has 13 heteroatoms. The Hall–Kier alpha value is -3.80. The molecule has 1 aliphatic carbocycles. The van der Waals surface area contributed by atoms with Crippen LogP contribution in [0.15, 0.2) is 30.4 Å². The fraction of sp³-hybridized carbons (Fsp3) is 0.594. The van der Waals surface area contributed by atoms with Gasteiger partial charge in [-0.2, -0.15) is 0 Å². The fourth-order valence-corrected chi connectivity index (χ4v) is 6.59. The molecule has 0 bridgehead atoms. The molecule has 12 nitrogen and oxygen atoms in total. The molecular weight excluding hydrogens is 602 g/mol. The highest BCUT2D eigenvalue weighted by atomic mass is 35.5. The molecule has 5 amide bonds. The SMILES string of the molecule is CC(C)(C)NC(=O)N[C@H]1CCCCC/C=C/[C@@H]2C[C@@]2(C(=O)O)NC(=O)[C@@H]2C[C@@H](OC(=O)N3Cc4ccc(Cl)cc4C3)CN2C1=O. The van der Waals surface area contributed by atoms with E-state index in [1.54, 1.807) is 12.1 Å². The molecule has 0 aromatic heterocycles. The Bertz CT molecular complexity index is 1390. The molecule has 2 fully saturated rings. The molecule has 244 valence electrons. The molecule has 0 unspecified atom stereocenters. The van der Waals surface area contributed by atoms with Gasteiger partial charge in [0.2, 0.25) is 11.8 Å². The summed E-state index contributed by atoms with van der Waals surface area (Å²) in [7, 11) is 0. The first-order valence-corrected chi connectivity index (χ1v) is 16.0. The van der Waals surface area contributed by atoms with E-state index in [9.17, 15) is 29.1 Å². The molecule has 0 radical (unpaired) electrons. The number of hydrogen-bond donors (Lipinski definition) is 4. The van der Waals surface area contributed by atoms with E-state index in [1.165, 1.54) is 9.80 Å². The number of nitrogens with one attached hydrogen (secondary N) is 3. The number of nitrogens with zero attached hydrogens (tertiary/aromatic N) is 2. The lowest BCUT2D eigenvalue weighted by molar-refractivity contribution is -0.145. The van der Waals surface area contributed by atoms with Crippen LogP contribution in [0.25, 0.3) is 0 Å². The van der Waals surface area contributed by atoms with Crippen LogP contribution in [0.3, 0.4) is 0 Å². The number of aliphatic carboxylic acids is 1. The van der Waals surface area contributed by atoms with Crippen LogP contribution in [0.2, 0.25) is 5.02 Å². The number of carboxylic acid groups (broad SMARTS) is 1. The van der Waals surface area contributed by atoms with Crippen molar-refractivity contribution in [2.45, 2.75) is 108 Å². The predicted octanol–water partition coefficient (Wildman–Crippen LogP) is 3.71. The quantitative estimate of drug-likeness (QED) is 0.366. The van der Waals surface area contributed by atoms with E-state index in [0.717, 1.165) is 30.4 Å². The lowest BCUT2D eigenvalue weighted by Gasteiger charge is -2.30. The number of ether oxygens (including phenoxy) is 1. The van der Waals surface area contributed by atoms with Crippen molar-refractivity contribution in [1.29, 1.82) is 0 Å². The first-order chi connectivity index (χ1) is 21.3. The van der Waals surface area contributed by atoms with Crippen molar-refractivity contribution in [3.63, 3.8) is 0 Å². The fourth-order valence-electron chi connectivity index (χ4n) is 6.39. The Kier molecular flexibility index (Phi) is 9.34. The van der Waals surface area contributed by atoms with Crippen LogP contribution < -0.4 is 16.0 Å². The molecule has 4 aliphatic rings. The number of urea groups is 1. The Morgan fingerprint density at radius 2 is 1.87 bits per heavy atom. The molecule has 3 heterocycles. The summed E-state index contributed by atoms with van der Waals surface area (Å²) in [6.45, 7) is 6.07. The van der Waals surface area contributed by atoms with E-state index >= 15 is 0 Å². The van der Waals surface area contributed by atoms with Crippen molar-refractivity contribution in [1.82, 2.24) is 25.8 Å². The molecule has 5 atom stereocenters. The minimum atomic E-state index is -1.45. The van der Waals surface area contributed by atoms with Crippen LogP contribution in [0.1, 0.15) is 76.8 Å². The van der Waals surface area contributed by atoms with Gasteiger partial charge in [-0.15, -0.1) is 0 Å². The van der Waals surface area contributed by atoms with Crippen molar-refractivity contribution in [3.8, 4) is 0 Å². The van der Waals surface area contributed by atoms with E-state index in [1.807, 2.05) is 39.0 Å². The number of allylic oxidation sites excluding steroid dienone is 1. The molecule has 4 N–H and O–H groups in total. The summed E-state index contributed by atoms with van der Waals surface area (Å²) in [5, 5.41) is 18.9. The van der Waals surface area contributed by atoms with Crippen LogP contribution >= 0.6 is 11.6 Å². The average molecular weight is 644 g/mol. The number of amides is 5. The van der Waals surface area contributed by atoms with Crippen LogP contribution in [0.5, 0.6) is 0 Å². The number of carbonyl (C=O) groups is 5. The second kappa shape index (κ2) is 12.9. The highest BCUT2D eigenvalue weighted by molar-refractivity contribution is 6.30. The lowest BCUT2D eigenvalue weighted by atomic mass is 10.0. The van der Waals surface area contributed by atoms with Gasteiger partial charge >= 0.3 is 18.1 Å². The van der Waals surface area contributed by atoms with Gasteiger partial charge in [0.25, 0.3) is 0 Å². The second-order valence-corrected chi connectivity index (χ2v) is 14.0. The van der Waals surface area contributed by atoms with Crippen molar-refractivity contribution in [2.24, 2.45) is 5.92 Å². The van der Waals surface area contributed by atoms with Crippen LogP contribution in [-0.2, 0) is 32.2 Å². The Balaban J connectivity index is 1.36. The molecule has 1 aromatic carbocycles. The zero-order valence-electron chi connectivity index (χ0n) is 25.9.